The second-order valence-electron chi connectivity index (χ2n) is 7.10. The summed E-state index contributed by atoms with van der Waals surface area (Å²) in [7, 11) is 0. The third-order valence-electron chi connectivity index (χ3n) is 5.11. The first-order chi connectivity index (χ1) is 13.3. The summed E-state index contributed by atoms with van der Waals surface area (Å²) < 4.78 is 0. The Hall–Kier alpha value is -3.02. The summed E-state index contributed by atoms with van der Waals surface area (Å²) in [6, 6.07) is 20.2. The number of hydrogen-bond acceptors (Lipinski definition) is 4. The van der Waals surface area contributed by atoms with E-state index in [1.54, 1.807) is 4.80 Å². The van der Waals surface area contributed by atoms with Crippen LogP contribution in [0.25, 0.3) is 11.4 Å². The van der Waals surface area contributed by atoms with Crippen LogP contribution in [0, 0.1) is 0 Å². The highest BCUT2D eigenvalue weighted by atomic mass is 16.1. The molecule has 0 bridgehead atoms. The van der Waals surface area contributed by atoms with Gasteiger partial charge < -0.3 is 5.32 Å². The van der Waals surface area contributed by atoms with Gasteiger partial charge in [0, 0.05) is 23.9 Å². The maximum Gasteiger partial charge on any atom is 0.220 e. The van der Waals surface area contributed by atoms with E-state index in [4.69, 9.17) is 0 Å². The molecule has 4 rings (SSSR count). The Bertz CT molecular complexity index is 887. The van der Waals surface area contributed by atoms with Gasteiger partial charge in [-0.1, -0.05) is 60.7 Å². The number of rotatable bonds is 8. The molecular weight excluding hydrogens is 338 g/mol. The first-order valence-corrected chi connectivity index (χ1v) is 9.41. The number of nitrogens with zero attached hydrogens (tertiary/aromatic N) is 4. The standard InChI is InChI=1S/C21H23N5O/c27-19(22-16-21(13-14-21)18-10-5-2-6-11-18)12-7-15-26-24-20(23-25-26)17-8-3-1-4-9-17/h1-6,8-11H,7,12-16H2,(H,22,27). The van der Waals surface area contributed by atoms with E-state index in [0.717, 1.165) is 24.9 Å². The van der Waals surface area contributed by atoms with Crippen molar-refractivity contribution in [3.63, 3.8) is 0 Å². The fourth-order valence-corrected chi connectivity index (χ4v) is 3.29. The highest BCUT2D eigenvalue weighted by Gasteiger charge is 2.44. The van der Waals surface area contributed by atoms with Crippen LogP contribution in [0.2, 0.25) is 0 Å². The lowest BCUT2D eigenvalue weighted by atomic mass is 9.96. The molecule has 0 spiro atoms. The summed E-state index contributed by atoms with van der Waals surface area (Å²) in [6.07, 6.45) is 3.44. The third-order valence-corrected chi connectivity index (χ3v) is 5.11. The third kappa shape index (κ3) is 4.22. The van der Waals surface area contributed by atoms with E-state index >= 15 is 0 Å². The van der Waals surface area contributed by atoms with Crippen LogP contribution in [0.1, 0.15) is 31.2 Å². The van der Waals surface area contributed by atoms with E-state index in [9.17, 15) is 4.79 Å². The number of tetrazole rings is 1. The minimum absolute atomic E-state index is 0.0839. The molecule has 1 fully saturated rings. The van der Waals surface area contributed by atoms with Gasteiger partial charge in [0.05, 0.1) is 6.54 Å². The van der Waals surface area contributed by atoms with Crippen molar-refractivity contribution in [3.05, 3.63) is 66.2 Å². The predicted molar refractivity (Wildman–Crippen MR) is 103 cm³/mol. The molecule has 138 valence electrons. The first kappa shape index (κ1) is 17.4. The van der Waals surface area contributed by atoms with E-state index in [1.807, 2.05) is 36.4 Å². The van der Waals surface area contributed by atoms with Crippen molar-refractivity contribution in [3.8, 4) is 11.4 Å². The molecule has 2 aromatic carbocycles. The Morgan fingerprint density at radius 1 is 1.04 bits per heavy atom. The van der Waals surface area contributed by atoms with Gasteiger partial charge in [-0.05, 0) is 30.0 Å². The van der Waals surface area contributed by atoms with Gasteiger partial charge in [0.2, 0.25) is 11.7 Å². The van der Waals surface area contributed by atoms with Gasteiger partial charge in [-0.25, -0.2) is 0 Å². The normalized spacial score (nSPS) is 14.7. The van der Waals surface area contributed by atoms with Gasteiger partial charge in [0.1, 0.15) is 0 Å². The van der Waals surface area contributed by atoms with Crippen LogP contribution in [0.15, 0.2) is 60.7 Å². The molecule has 3 aromatic rings. The second-order valence-corrected chi connectivity index (χ2v) is 7.10. The molecule has 1 aromatic heterocycles. The zero-order chi connectivity index (χ0) is 18.5. The van der Waals surface area contributed by atoms with Crippen LogP contribution < -0.4 is 5.32 Å². The van der Waals surface area contributed by atoms with Crippen molar-refractivity contribution in [1.82, 2.24) is 25.5 Å². The molecule has 6 nitrogen and oxygen atoms in total. The Kier molecular flexibility index (Phi) is 4.96. The summed E-state index contributed by atoms with van der Waals surface area (Å²) in [5.41, 5.74) is 2.41. The van der Waals surface area contributed by atoms with Crippen LogP contribution in [-0.4, -0.2) is 32.7 Å². The molecular formula is C21H23N5O. The van der Waals surface area contributed by atoms with Crippen molar-refractivity contribution < 1.29 is 4.79 Å². The summed E-state index contributed by atoms with van der Waals surface area (Å²) in [5, 5.41) is 15.6. The SMILES string of the molecule is O=C(CCCn1nnc(-c2ccccc2)n1)NCC1(c2ccccc2)CC1. The lowest BCUT2D eigenvalue weighted by Crippen LogP contribution is -2.32. The molecule has 6 heteroatoms. The van der Waals surface area contributed by atoms with Gasteiger partial charge in [-0.3, -0.25) is 4.79 Å². The quantitative estimate of drug-likeness (QED) is 0.669. The molecule has 1 saturated carbocycles. The van der Waals surface area contributed by atoms with Crippen molar-refractivity contribution >= 4 is 5.91 Å². The highest BCUT2D eigenvalue weighted by Crippen LogP contribution is 2.47. The number of amides is 1. The zero-order valence-corrected chi connectivity index (χ0v) is 15.2. The Balaban J connectivity index is 1.22. The predicted octanol–water partition coefficient (Wildman–Crippen LogP) is 2.97. The van der Waals surface area contributed by atoms with Crippen molar-refractivity contribution in [2.24, 2.45) is 0 Å². The fourth-order valence-electron chi connectivity index (χ4n) is 3.29. The number of aromatic nitrogens is 4. The zero-order valence-electron chi connectivity index (χ0n) is 15.2. The minimum atomic E-state index is 0.0839. The summed E-state index contributed by atoms with van der Waals surface area (Å²) >= 11 is 0. The van der Waals surface area contributed by atoms with Gasteiger partial charge >= 0.3 is 0 Å². The van der Waals surface area contributed by atoms with E-state index in [1.165, 1.54) is 5.56 Å². The van der Waals surface area contributed by atoms with E-state index < -0.39 is 0 Å². The van der Waals surface area contributed by atoms with Crippen LogP contribution >= 0.6 is 0 Å². The molecule has 27 heavy (non-hydrogen) atoms. The average Bonchev–Trinajstić information content (AvgIpc) is 3.38. The smallest absolute Gasteiger partial charge is 0.220 e. The number of carbonyl (C=O) groups excluding carboxylic acids is 1. The topological polar surface area (TPSA) is 72.7 Å². The number of aryl methyl sites for hydroxylation is 1. The molecule has 0 unspecified atom stereocenters. The number of carbonyl (C=O) groups is 1. The Labute approximate surface area is 158 Å². The number of nitrogens with one attached hydrogen (secondary N) is 1. The van der Waals surface area contributed by atoms with Crippen LogP contribution in [0.4, 0.5) is 0 Å². The molecule has 1 aliphatic rings. The van der Waals surface area contributed by atoms with Crippen molar-refractivity contribution in [2.75, 3.05) is 6.54 Å². The molecule has 1 heterocycles. The van der Waals surface area contributed by atoms with E-state index in [2.05, 4.69) is 45.0 Å². The Morgan fingerprint density at radius 2 is 1.74 bits per heavy atom. The average molecular weight is 361 g/mol. The minimum Gasteiger partial charge on any atom is -0.355 e. The molecule has 0 saturated heterocycles. The molecule has 1 aliphatic carbocycles. The highest BCUT2D eigenvalue weighted by molar-refractivity contribution is 5.76. The maximum absolute atomic E-state index is 12.2. The molecule has 0 aliphatic heterocycles. The van der Waals surface area contributed by atoms with Gasteiger partial charge in [-0.15, -0.1) is 10.2 Å². The lowest BCUT2D eigenvalue weighted by Gasteiger charge is -2.16. The van der Waals surface area contributed by atoms with Gasteiger partial charge in [-0.2, -0.15) is 4.80 Å². The fraction of sp³-hybridized carbons (Fsp3) is 0.333. The summed E-state index contributed by atoms with van der Waals surface area (Å²) in [4.78, 5) is 13.7. The number of hydrogen-bond donors (Lipinski definition) is 1. The molecule has 0 atom stereocenters. The van der Waals surface area contributed by atoms with Crippen LogP contribution in [0.5, 0.6) is 0 Å². The van der Waals surface area contributed by atoms with E-state index in [0.29, 0.717) is 25.2 Å². The maximum atomic E-state index is 12.2. The van der Waals surface area contributed by atoms with E-state index in [-0.39, 0.29) is 11.3 Å². The number of benzene rings is 2. The van der Waals surface area contributed by atoms with Crippen molar-refractivity contribution in [1.29, 1.82) is 0 Å². The molecule has 1 amide bonds. The van der Waals surface area contributed by atoms with Crippen molar-refractivity contribution in [2.45, 2.75) is 37.6 Å². The summed E-state index contributed by atoms with van der Waals surface area (Å²) in [6.45, 7) is 1.30. The van der Waals surface area contributed by atoms with Gasteiger partial charge in [0.15, 0.2) is 0 Å². The molecule has 1 N–H and O–H groups in total. The largest absolute Gasteiger partial charge is 0.355 e. The van der Waals surface area contributed by atoms with Crippen LogP contribution in [-0.2, 0) is 16.8 Å². The second kappa shape index (κ2) is 7.70. The molecule has 0 radical (unpaired) electrons. The van der Waals surface area contributed by atoms with Crippen LogP contribution in [0.3, 0.4) is 0 Å². The van der Waals surface area contributed by atoms with Gasteiger partial charge in [0.25, 0.3) is 0 Å². The lowest BCUT2D eigenvalue weighted by molar-refractivity contribution is -0.121. The monoisotopic (exact) mass is 361 g/mol. The summed E-state index contributed by atoms with van der Waals surface area (Å²) in [5.74, 6) is 0.694. The Morgan fingerprint density at radius 3 is 2.44 bits per heavy atom. The first-order valence-electron chi connectivity index (χ1n) is 9.41.